The van der Waals surface area contributed by atoms with E-state index in [2.05, 4.69) is 166 Å². The molecule has 0 amide bonds. The van der Waals surface area contributed by atoms with Crippen molar-refractivity contribution in [3.8, 4) is 0 Å². The summed E-state index contributed by atoms with van der Waals surface area (Å²) >= 11 is 0. The van der Waals surface area contributed by atoms with E-state index in [9.17, 15) is 0 Å². The van der Waals surface area contributed by atoms with E-state index < -0.39 is 0 Å². The predicted molar refractivity (Wildman–Crippen MR) is 488 cm³/mol. The molecular formula is C106H212. The molecule has 636 valence electrons. The predicted octanol–water partition coefficient (Wildman–Crippen LogP) is 38.3. The molecule has 0 heterocycles. The first kappa shape index (κ1) is 104. The van der Waals surface area contributed by atoms with Gasteiger partial charge in [-0.25, -0.2) is 0 Å². The summed E-state index contributed by atoms with van der Waals surface area (Å²) in [6.45, 7) is 52.0. The van der Waals surface area contributed by atoms with Crippen LogP contribution in [0.25, 0.3) is 0 Å². The van der Waals surface area contributed by atoms with Crippen LogP contribution in [0, 0.1) is 123 Å². The first-order valence-corrected chi connectivity index (χ1v) is 50.4. The Morgan fingerprint density at radius 1 is 0.113 bits per heavy atom. The Kier molecular flexibility index (Phi) is 63.0. The van der Waals surface area contributed by atoms with Gasteiger partial charge in [-0.3, -0.25) is 0 Å². The van der Waals surface area contributed by atoms with E-state index in [-0.39, 0.29) is 0 Å². The number of hydrogen-bond acceptors (Lipinski definition) is 0. The van der Waals surface area contributed by atoms with Crippen molar-refractivity contribution in [2.75, 3.05) is 0 Å². The van der Waals surface area contributed by atoms with Crippen LogP contribution in [-0.2, 0) is 0 Å². The zero-order valence-electron chi connectivity index (χ0n) is 79.0. The van der Waals surface area contributed by atoms with E-state index in [0.717, 1.165) is 123 Å². The summed E-state index contributed by atoms with van der Waals surface area (Å²) in [5.41, 5.74) is 2.79. The molecule has 0 aliphatic heterocycles. The monoisotopic (exact) mass is 1490 g/mol. The molecule has 16 aliphatic carbocycles. The normalized spacial score (nSPS) is 29.4. The molecule has 16 fully saturated rings. The molecule has 0 aromatic carbocycles. The minimum atomic E-state index is 0.833. The van der Waals surface area contributed by atoms with Gasteiger partial charge in [-0.1, -0.05) is 481 Å². The largest absolute Gasteiger partial charge is 0.0630 e. The Hall–Kier alpha value is 0. The van der Waals surface area contributed by atoms with Crippen LogP contribution in [0.3, 0.4) is 0 Å². The summed E-state index contributed by atoms with van der Waals surface area (Å²) in [6.07, 6.45) is 94.2. The standard InChI is InChI=1S/5C10H18.3C8H14.8C4H10/c5*1-2-6-10-8-4-3-7-9(10)5-1;3*1-2-4-8(5-3-1)6-7-8;8*1-4(2)3/h5*9-10H,1-8H2;3*1-7H2;8*4H,1-3H3. The minimum absolute atomic E-state index is 0.833. The van der Waals surface area contributed by atoms with Crippen molar-refractivity contribution >= 4 is 0 Å². The quantitative estimate of drug-likeness (QED) is 0.227. The van der Waals surface area contributed by atoms with Gasteiger partial charge in [-0.05, 0) is 200 Å². The molecule has 0 nitrogen and oxygen atoms in total. The molecule has 0 bridgehead atoms. The van der Waals surface area contributed by atoms with Crippen LogP contribution in [0.5, 0.6) is 0 Å². The van der Waals surface area contributed by atoms with Gasteiger partial charge in [0.15, 0.2) is 0 Å². The lowest BCUT2D eigenvalue weighted by molar-refractivity contribution is 0.171. The molecule has 3 spiro atoms. The van der Waals surface area contributed by atoms with E-state index in [1.807, 2.05) is 0 Å². The average Bonchev–Trinajstić information content (AvgIpc) is 1.67. The third kappa shape index (κ3) is 60.5. The Balaban J connectivity index is 0.000000574. The summed E-state index contributed by atoms with van der Waals surface area (Å²) in [6, 6.07) is 0. The van der Waals surface area contributed by atoms with Gasteiger partial charge < -0.3 is 0 Å². The fourth-order valence-corrected chi connectivity index (χ4v) is 20.2. The first-order chi connectivity index (χ1) is 50.4. The van der Waals surface area contributed by atoms with Crippen molar-refractivity contribution in [3.05, 3.63) is 0 Å². The van der Waals surface area contributed by atoms with Crippen LogP contribution in [0.1, 0.15) is 558 Å². The number of hydrogen-bond donors (Lipinski definition) is 0. The highest BCUT2D eigenvalue weighted by atomic mass is 14.5. The van der Waals surface area contributed by atoms with Crippen LogP contribution in [0.2, 0.25) is 0 Å². The molecular weight excluding hydrogens is 1270 g/mol. The lowest BCUT2D eigenvalue weighted by Gasteiger charge is -2.35. The van der Waals surface area contributed by atoms with Crippen LogP contribution < -0.4 is 0 Å². The average molecular weight is 1490 g/mol. The molecule has 16 saturated carbocycles. The number of rotatable bonds is 0. The van der Waals surface area contributed by atoms with Gasteiger partial charge >= 0.3 is 0 Å². The zero-order chi connectivity index (χ0) is 79.0. The van der Waals surface area contributed by atoms with Gasteiger partial charge in [0.1, 0.15) is 0 Å². The maximum atomic E-state index is 2.17. The van der Waals surface area contributed by atoms with Gasteiger partial charge in [0.2, 0.25) is 0 Å². The Bertz CT molecular complexity index is 1370. The van der Waals surface area contributed by atoms with E-state index in [1.54, 1.807) is 205 Å². The van der Waals surface area contributed by atoms with Gasteiger partial charge in [0, 0.05) is 0 Å². The van der Waals surface area contributed by atoms with Gasteiger partial charge in [0.25, 0.3) is 0 Å². The second kappa shape index (κ2) is 64.2. The third-order valence-corrected chi connectivity index (χ3v) is 25.9. The second-order valence-corrected chi connectivity index (χ2v) is 45.0. The molecule has 106 heavy (non-hydrogen) atoms. The lowest BCUT2D eigenvalue weighted by atomic mass is 9.71. The van der Waals surface area contributed by atoms with Crippen LogP contribution in [-0.4, -0.2) is 0 Å². The van der Waals surface area contributed by atoms with Crippen LogP contribution >= 0.6 is 0 Å². The minimum Gasteiger partial charge on any atom is -0.0630 e. The lowest BCUT2D eigenvalue weighted by Crippen LogP contribution is -2.22. The molecule has 0 radical (unpaired) electrons. The maximum absolute atomic E-state index is 2.17. The van der Waals surface area contributed by atoms with Crippen molar-refractivity contribution in [2.45, 2.75) is 558 Å². The Morgan fingerprint density at radius 3 is 0.245 bits per heavy atom. The molecule has 0 atom stereocenters. The Labute approximate surface area is 676 Å². The number of fused-ring (bicyclic) bond motifs is 5. The molecule has 0 aromatic heterocycles. The second-order valence-electron chi connectivity index (χ2n) is 45.0. The summed E-state index contributed by atoms with van der Waals surface area (Å²) in [5.74, 6) is 18.2. The highest BCUT2D eigenvalue weighted by Crippen LogP contribution is 2.58. The summed E-state index contributed by atoms with van der Waals surface area (Å²) in [5, 5.41) is 0. The van der Waals surface area contributed by atoms with Crippen molar-refractivity contribution in [1.29, 1.82) is 0 Å². The summed E-state index contributed by atoms with van der Waals surface area (Å²) in [4.78, 5) is 0. The van der Waals surface area contributed by atoms with Gasteiger partial charge in [-0.15, -0.1) is 0 Å². The molecule has 16 aliphatic rings. The van der Waals surface area contributed by atoms with Crippen molar-refractivity contribution in [1.82, 2.24) is 0 Å². The highest BCUT2D eigenvalue weighted by molar-refractivity contribution is 4.96. The van der Waals surface area contributed by atoms with E-state index in [0.29, 0.717) is 0 Å². The fraction of sp³-hybridized carbons (Fsp3) is 1.00. The van der Waals surface area contributed by atoms with E-state index in [4.69, 9.17) is 0 Å². The fourth-order valence-electron chi connectivity index (χ4n) is 20.2. The topological polar surface area (TPSA) is 0 Å². The van der Waals surface area contributed by atoms with Gasteiger partial charge in [0.05, 0.1) is 0 Å². The SMILES string of the molecule is C1CCC2(CC1)CC2.C1CCC2(CC1)CC2.C1CCC2(CC1)CC2.C1CCC2CCCCC2C1.C1CCC2CCCCC2C1.C1CCC2CCCCC2C1.C1CCC2CCCCC2C1.C1CCC2CCCCC2C1.CC(C)C.CC(C)C.CC(C)C.CC(C)C.CC(C)C.CC(C)C.CC(C)C.CC(C)C. The zero-order valence-corrected chi connectivity index (χ0v) is 79.0. The smallest absolute Gasteiger partial charge is 0.0297 e. The first-order valence-electron chi connectivity index (χ1n) is 50.4. The molecule has 0 heteroatoms. The Morgan fingerprint density at radius 2 is 0.189 bits per heavy atom. The molecule has 16 rings (SSSR count). The third-order valence-electron chi connectivity index (χ3n) is 25.9. The molecule has 0 saturated heterocycles. The van der Waals surface area contributed by atoms with Crippen molar-refractivity contribution < 1.29 is 0 Å². The summed E-state index contributed by atoms with van der Waals surface area (Å²) < 4.78 is 0. The molecule has 0 aromatic rings. The van der Waals surface area contributed by atoms with E-state index in [1.165, 1.54) is 186 Å². The van der Waals surface area contributed by atoms with E-state index >= 15 is 0 Å². The van der Waals surface area contributed by atoms with Gasteiger partial charge in [-0.2, -0.15) is 0 Å². The van der Waals surface area contributed by atoms with Crippen molar-refractivity contribution in [3.63, 3.8) is 0 Å². The highest BCUT2D eigenvalue weighted by Gasteiger charge is 2.44. The maximum Gasteiger partial charge on any atom is -0.0297 e. The van der Waals surface area contributed by atoms with Crippen LogP contribution in [0.4, 0.5) is 0 Å². The van der Waals surface area contributed by atoms with Crippen LogP contribution in [0.15, 0.2) is 0 Å². The summed E-state index contributed by atoms with van der Waals surface area (Å²) in [7, 11) is 0. The molecule has 0 N–H and O–H groups in total. The van der Waals surface area contributed by atoms with Crippen molar-refractivity contribution in [2.24, 2.45) is 123 Å². The molecule has 0 unspecified atom stereocenters.